The Morgan fingerprint density at radius 3 is 2.43 bits per heavy atom. The molecule has 3 N–H and O–H groups in total. The van der Waals surface area contributed by atoms with E-state index in [-0.39, 0.29) is 6.61 Å². The summed E-state index contributed by atoms with van der Waals surface area (Å²) in [6, 6.07) is 12.8. The Kier molecular flexibility index (Phi) is 5.31. The molecule has 2 aromatic carbocycles. The zero-order valence-electron chi connectivity index (χ0n) is 11.1. The third kappa shape index (κ3) is 4.85. The molecule has 2 rings (SSSR count). The predicted octanol–water partition coefficient (Wildman–Crippen LogP) is 3.47. The minimum atomic E-state index is -0.500. The summed E-state index contributed by atoms with van der Waals surface area (Å²) in [5.74, 6) is 0.104. The van der Waals surface area contributed by atoms with Gasteiger partial charge in [-0.15, -0.1) is 0 Å². The number of hydrogen-bond acceptors (Lipinski definition) is 3. The third-order valence-electron chi connectivity index (χ3n) is 2.72. The van der Waals surface area contributed by atoms with E-state index < -0.39 is 5.91 Å². The summed E-state index contributed by atoms with van der Waals surface area (Å²) in [4.78, 5) is 10.6. The van der Waals surface area contributed by atoms with Gasteiger partial charge in [0.25, 0.3) is 5.91 Å². The first-order chi connectivity index (χ1) is 10.0. The van der Waals surface area contributed by atoms with Crippen molar-refractivity contribution in [1.82, 2.24) is 0 Å². The molecule has 0 heterocycles. The summed E-state index contributed by atoms with van der Waals surface area (Å²) in [6.45, 7) is 0.509. The average Bonchev–Trinajstić information content (AvgIpc) is 2.47. The molecule has 4 nitrogen and oxygen atoms in total. The fourth-order valence-corrected chi connectivity index (χ4v) is 1.97. The van der Waals surface area contributed by atoms with Crippen LogP contribution in [0.5, 0.6) is 5.75 Å². The van der Waals surface area contributed by atoms with Crippen LogP contribution in [0, 0.1) is 0 Å². The molecule has 0 radical (unpaired) electrons. The van der Waals surface area contributed by atoms with E-state index in [9.17, 15) is 4.79 Å². The Morgan fingerprint density at radius 1 is 1.10 bits per heavy atom. The Labute approximate surface area is 132 Å². The summed E-state index contributed by atoms with van der Waals surface area (Å²) >= 11 is 11.8. The van der Waals surface area contributed by atoms with E-state index in [1.54, 1.807) is 24.3 Å². The number of halogens is 2. The van der Waals surface area contributed by atoms with Crippen molar-refractivity contribution in [2.45, 2.75) is 6.54 Å². The zero-order valence-corrected chi connectivity index (χ0v) is 12.6. The number of primary amides is 1. The van der Waals surface area contributed by atoms with Crippen molar-refractivity contribution in [2.75, 3.05) is 11.9 Å². The van der Waals surface area contributed by atoms with Crippen molar-refractivity contribution in [3.8, 4) is 5.75 Å². The topological polar surface area (TPSA) is 64.4 Å². The van der Waals surface area contributed by atoms with Crippen LogP contribution >= 0.6 is 23.2 Å². The van der Waals surface area contributed by atoms with Gasteiger partial charge in [-0.2, -0.15) is 0 Å². The number of nitrogens with two attached hydrogens (primary N) is 1. The zero-order chi connectivity index (χ0) is 15.2. The minimum Gasteiger partial charge on any atom is -0.484 e. The lowest BCUT2D eigenvalue weighted by Gasteiger charge is -2.09. The third-order valence-corrected chi connectivity index (χ3v) is 3.46. The van der Waals surface area contributed by atoms with E-state index in [1.165, 1.54) is 0 Å². The Bertz CT molecular complexity index is 630. The molecule has 0 saturated carbocycles. The van der Waals surface area contributed by atoms with E-state index in [2.05, 4.69) is 5.32 Å². The van der Waals surface area contributed by atoms with Gasteiger partial charge in [0.2, 0.25) is 0 Å². The van der Waals surface area contributed by atoms with Crippen molar-refractivity contribution in [2.24, 2.45) is 5.73 Å². The average molecular weight is 325 g/mol. The largest absolute Gasteiger partial charge is 0.484 e. The summed E-state index contributed by atoms with van der Waals surface area (Å²) < 4.78 is 5.19. The number of nitrogens with one attached hydrogen (secondary N) is 1. The van der Waals surface area contributed by atoms with Gasteiger partial charge in [-0.05, 0) is 35.9 Å². The van der Waals surface area contributed by atoms with Crippen LogP contribution in [0.15, 0.2) is 42.5 Å². The van der Waals surface area contributed by atoms with Crippen molar-refractivity contribution in [3.63, 3.8) is 0 Å². The quantitative estimate of drug-likeness (QED) is 0.855. The molecule has 21 heavy (non-hydrogen) atoms. The molecule has 0 aliphatic heterocycles. The van der Waals surface area contributed by atoms with Crippen molar-refractivity contribution < 1.29 is 9.53 Å². The fraction of sp³-hybridized carbons (Fsp3) is 0.133. The van der Waals surface area contributed by atoms with Gasteiger partial charge in [0.05, 0.1) is 10.0 Å². The fourth-order valence-electron chi connectivity index (χ4n) is 1.67. The van der Waals surface area contributed by atoms with Gasteiger partial charge < -0.3 is 15.8 Å². The number of ether oxygens (including phenoxy) is 1. The minimum absolute atomic E-state index is 0.124. The lowest BCUT2D eigenvalue weighted by Crippen LogP contribution is -2.19. The number of rotatable bonds is 6. The molecule has 0 aliphatic carbocycles. The molecule has 110 valence electrons. The van der Waals surface area contributed by atoms with Gasteiger partial charge in [0.15, 0.2) is 6.61 Å². The maximum Gasteiger partial charge on any atom is 0.255 e. The molecule has 0 aliphatic rings. The van der Waals surface area contributed by atoms with Gasteiger partial charge in [-0.1, -0.05) is 35.3 Å². The highest BCUT2D eigenvalue weighted by Crippen LogP contribution is 2.25. The maximum atomic E-state index is 10.6. The van der Waals surface area contributed by atoms with Gasteiger partial charge in [0.1, 0.15) is 5.75 Å². The van der Waals surface area contributed by atoms with Crippen LogP contribution in [-0.4, -0.2) is 12.5 Å². The summed E-state index contributed by atoms with van der Waals surface area (Å²) in [7, 11) is 0. The van der Waals surface area contributed by atoms with Crippen LogP contribution < -0.4 is 15.8 Å². The summed E-state index contributed by atoms with van der Waals surface area (Å²) in [5.41, 5.74) is 6.96. The monoisotopic (exact) mass is 324 g/mol. The molecule has 0 spiro atoms. The van der Waals surface area contributed by atoms with E-state index in [4.69, 9.17) is 33.7 Å². The lowest BCUT2D eigenvalue weighted by atomic mass is 10.2. The predicted molar refractivity (Wildman–Crippen MR) is 84.9 cm³/mol. The van der Waals surface area contributed by atoms with Crippen molar-refractivity contribution in [3.05, 3.63) is 58.1 Å². The second kappa shape index (κ2) is 7.20. The standard InChI is InChI=1S/C15H14Cl2N2O2/c16-13-6-3-11(7-14(13)17)19-8-10-1-4-12(5-2-10)21-9-15(18)20/h1-7,19H,8-9H2,(H2,18,20). The van der Waals surface area contributed by atoms with Crippen LogP contribution in [0.4, 0.5) is 5.69 Å². The highest BCUT2D eigenvalue weighted by molar-refractivity contribution is 6.42. The number of amides is 1. The first kappa shape index (κ1) is 15.5. The molecule has 0 unspecified atom stereocenters. The maximum absolute atomic E-state index is 10.6. The van der Waals surface area contributed by atoms with E-state index in [0.717, 1.165) is 11.3 Å². The first-order valence-corrected chi connectivity index (χ1v) is 6.99. The van der Waals surface area contributed by atoms with Crippen LogP contribution in [0.3, 0.4) is 0 Å². The van der Waals surface area contributed by atoms with Gasteiger partial charge in [-0.3, -0.25) is 4.79 Å². The molecule has 0 atom stereocenters. The highest BCUT2D eigenvalue weighted by atomic mass is 35.5. The lowest BCUT2D eigenvalue weighted by molar-refractivity contribution is -0.119. The van der Waals surface area contributed by atoms with Gasteiger partial charge >= 0.3 is 0 Å². The first-order valence-electron chi connectivity index (χ1n) is 6.23. The van der Waals surface area contributed by atoms with Crippen LogP contribution in [-0.2, 0) is 11.3 Å². The highest BCUT2D eigenvalue weighted by Gasteiger charge is 2.01. The second-order valence-electron chi connectivity index (χ2n) is 4.38. The van der Waals surface area contributed by atoms with E-state index in [0.29, 0.717) is 22.3 Å². The van der Waals surface area contributed by atoms with E-state index >= 15 is 0 Å². The van der Waals surface area contributed by atoms with Crippen LogP contribution in [0.25, 0.3) is 0 Å². The molecule has 0 bridgehead atoms. The smallest absolute Gasteiger partial charge is 0.255 e. The van der Waals surface area contributed by atoms with Crippen molar-refractivity contribution >= 4 is 34.8 Å². The van der Waals surface area contributed by atoms with E-state index in [1.807, 2.05) is 18.2 Å². The number of benzene rings is 2. The molecule has 0 saturated heterocycles. The van der Waals surface area contributed by atoms with Gasteiger partial charge in [-0.25, -0.2) is 0 Å². The van der Waals surface area contributed by atoms with Gasteiger partial charge in [0, 0.05) is 12.2 Å². The summed E-state index contributed by atoms with van der Waals surface area (Å²) in [5, 5.41) is 4.28. The molecule has 6 heteroatoms. The molecule has 0 fully saturated rings. The molecular weight excluding hydrogens is 311 g/mol. The normalized spacial score (nSPS) is 10.2. The Morgan fingerprint density at radius 2 is 1.81 bits per heavy atom. The number of hydrogen-bond donors (Lipinski definition) is 2. The number of carbonyl (C=O) groups excluding carboxylic acids is 1. The summed E-state index contributed by atoms with van der Waals surface area (Å²) in [6.07, 6.45) is 0. The molecule has 0 aromatic heterocycles. The molecular formula is C15H14Cl2N2O2. The number of anilines is 1. The van der Waals surface area contributed by atoms with Crippen LogP contribution in [0.1, 0.15) is 5.56 Å². The Hall–Kier alpha value is -1.91. The van der Waals surface area contributed by atoms with Crippen LogP contribution in [0.2, 0.25) is 10.0 Å². The second-order valence-corrected chi connectivity index (χ2v) is 5.20. The molecule has 2 aromatic rings. The number of carbonyl (C=O) groups is 1. The SMILES string of the molecule is NC(=O)COc1ccc(CNc2ccc(Cl)c(Cl)c2)cc1. The Balaban J connectivity index is 1.91. The molecule has 1 amide bonds. The van der Waals surface area contributed by atoms with Crippen molar-refractivity contribution in [1.29, 1.82) is 0 Å².